The summed E-state index contributed by atoms with van der Waals surface area (Å²) in [7, 11) is 0. The summed E-state index contributed by atoms with van der Waals surface area (Å²) in [4.78, 5) is 23.6. The van der Waals surface area contributed by atoms with Crippen LogP contribution in [0.5, 0.6) is 0 Å². The van der Waals surface area contributed by atoms with E-state index in [9.17, 15) is 4.79 Å². The zero-order chi connectivity index (χ0) is 20.7. The summed E-state index contributed by atoms with van der Waals surface area (Å²) in [5.41, 5.74) is 2.25. The Labute approximate surface area is 171 Å². The van der Waals surface area contributed by atoms with Crippen molar-refractivity contribution < 1.29 is 14.3 Å². The van der Waals surface area contributed by atoms with E-state index in [1.54, 1.807) is 24.4 Å². The van der Waals surface area contributed by atoms with Gasteiger partial charge in [-0.1, -0.05) is 19.3 Å². The zero-order valence-electron chi connectivity index (χ0n) is 16.1. The van der Waals surface area contributed by atoms with Crippen molar-refractivity contribution in [1.82, 2.24) is 19.5 Å². The quantitative estimate of drug-likeness (QED) is 0.379. The van der Waals surface area contributed by atoms with Crippen LogP contribution >= 0.6 is 0 Å². The highest BCUT2D eigenvalue weighted by Crippen LogP contribution is 2.38. The van der Waals surface area contributed by atoms with Crippen molar-refractivity contribution >= 4 is 34.1 Å². The van der Waals surface area contributed by atoms with Gasteiger partial charge in [-0.3, -0.25) is 0 Å². The molecule has 150 valence electrons. The standard InChI is InChI=1S/C22H19N5O3/c23-11-13(22(28)29)10-15-6-7-18(30-15)21-26-17-12-25-20-16(8-9-24-20)19(17)27(21)14-4-2-1-3-5-14/h6-10,12,14H,1-5H2,(H,24,25)(H,28,29). The first-order valence-electron chi connectivity index (χ1n) is 9.95. The minimum absolute atomic E-state index is 0.302. The molecule has 8 nitrogen and oxygen atoms in total. The number of pyridine rings is 1. The molecule has 5 rings (SSSR count). The van der Waals surface area contributed by atoms with Crippen LogP contribution in [0.15, 0.2) is 40.6 Å². The van der Waals surface area contributed by atoms with E-state index >= 15 is 0 Å². The number of carboxylic acids is 1. The van der Waals surface area contributed by atoms with Crippen LogP contribution in [0.4, 0.5) is 0 Å². The van der Waals surface area contributed by atoms with Gasteiger partial charge in [0, 0.05) is 23.7 Å². The molecule has 0 atom stereocenters. The molecule has 4 heterocycles. The Hall–Kier alpha value is -3.86. The van der Waals surface area contributed by atoms with E-state index in [0.717, 1.165) is 34.9 Å². The maximum atomic E-state index is 11.1. The lowest BCUT2D eigenvalue weighted by molar-refractivity contribution is -0.132. The summed E-state index contributed by atoms with van der Waals surface area (Å²) in [6.45, 7) is 0. The third kappa shape index (κ3) is 2.95. The number of aliphatic carboxylic acids is 1. The average molecular weight is 401 g/mol. The lowest BCUT2D eigenvalue weighted by atomic mass is 9.95. The molecule has 4 aromatic heterocycles. The number of aromatic amines is 1. The van der Waals surface area contributed by atoms with Gasteiger partial charge < -0.3 is 19.1 Å². The smallest absolute Gasteiger partial charge is 0.346 e. The Morgan fingerprint density at radius 1 is 1.30 bits per heavy atom. The molecule has 2 N–H and O–H groups in total. The number of fused-ring (bicyclic) bond motifs is 3. The molecule has 0 aromatic carbocycles. The van der Waals surface area contributed by atoms with Crippen LogP contribution in [0.25, 0.3) is 39.7 Å². The number of hydrogen-bond acceptors (Lipinski definition) is 5. The van der Waals surface area contributed by atoms with Crippen LogP contribution < -0.4 is 0 Å². The van der Waals surface area contributed by atoms with Crippen LogP contribution in [-0.4, -0.2) is 30.6 Å². The van der Waals surface area contributed by atoms with E-state index < -0.39 is 5.97 Å². The molecule has 0 saturated heterocycles. The Bertz CT molecular complexity index is 1330. The summed E-state index contributed by atoms with van der Waals surface area (Å²) >= 11 is 0. The fraction of sp³-hybridized carbons (Fsp3) is 0.273. The highest BCUT2D eigenvalue weighted by atomic mass is 16.4. The summed E-state index contributed by atoms with van der Waals surface area (Å²) < 4.78 is 8.16. The van der Waals surface area contributed by atoms with E-state index in [2.05, 4.69) is 14.5 Å². The molecule has 30 heavy (non-hydrogen) atoms. The Morgan fingerprint density at radius 3 is 2.90 bits per heavy atom. The van der Waals surface area contributed by atoms with Gasteiger partial charge in [0.05, 0.1) is 11.7 Å². The Kier molecular flexibility index (Phi) is 4.36. The number of carbonyl (C=O) groups is 1. The molecule has 4 aromatic rings. The number of H-pyrrole nitrogens is 1. The number of aromatic nitrogens is 4. The average Bonchev–Trinajstić information content (AvgIpc) is 3.49. The van der Waals surface area contributed by atoms with Crippen LogP contribution in [0, 0.1) is 11.3 Å². The molecular formula is C22H19N5O3. The van der Waals surface area contributed by atoms with E-state index in [0.29, 0.717) is 23.4 Å². The molecule has 1 saturated carbocycles. The minimum Gasteiger partial charge on any atom is -0.477 e. The van der Waals surface area contributed by atoms with Gasteiger partial charge in [0.1, 0.15) is 28.6 Å². The van der Waals surface area contributed by atoms with Gasteiger partial charge in [-0.25, -0.2) is 14.8 Å². The number of hydrogen-bond donors (Lipinski definition) is 2. The first-order valence-corrected chi connectivity index (χ1v) is 9.95. The second-order valence-corrected chi connectivity index (χ2v) is 7.51. The second kappa shape index (κ2) is 7.19. The van der Waals surface area contributed by atoms with Crippen molar-refractivity contribution in [1.29, 1.82) is 5.26 Å². The zero-order valence-corrected chi connectivity index (χ0v) is 16.1. The van der Waals surface area contributed by atoms with Crippen molar-refractivity contribution in [3.63, 3.8) is 0 Å². The number of imidazole rings is 1. The molecule has 0 spiro atoms. The molecular weight excluding hydrogens is 382 g/mol. The third-order valence-electron chi connectivity index (χ3n) is 5.66. The summed E-state index contributed by atoms with van der Waals surface area (Å²) in [6, 6.07) is 7.41. The molecule has 1 aliphatic rings. The normalized spacial score (nSPS) is 15.6. The van der Waals surface area contributed by atoms with Gasteiger partial charge in [0.25, 0.3) is 0 Å². The van der Waals surface area contributed by atoms with Gasteiger partial charge in [-0.05, 0) is 31.0 Å². The van der Waals surface area contributed by atoms with Crippen molar-refractivity contribution in [3.05, 3.63) is 41.9 Å². The monoisotopic (exact) mass is 401 g/mol. The van der Waals surface area contributed by atoms with E-state index in [1.165, 1.54) is 25.3 Å². The first-order chi connectivity index (χ1) is 14.7. The second-order valence-electron chi connectivity index (χ2n) is 7.51. The van der Waals surface area contributed by atoms with Gasteiger partial charge in [-0.2, -0.15) is 5.26 Å². The van der Waals surface area contributed by atoms with Crippen molar-refractivity contribution in [2.24, 2.45) is 0 Å². The Morgan fingerprint density at radius 2 is 2.13 bits per heavy atom. The maximum Gasteiger partial charge on any atom is 0.346 e. The number of nitrogens with zero attached hydrogens (tertiary/aromatic N) is 4. The molecule has 0 unspecified atom stereocenters. The highest BCUT2D eigenvalue weighted by Gasteiger charge is 2.25. The molecule has 0 radical (unpaired) electrons. The van der Waals surface area contributed by atoms with Crippen LogP contribution in [0.3, 0.4) is 0 Å². The van der Waals surface area contributed by atoms with Crippen molar-refractivity contribution in [2.45, 2.75) is 38.1 Å². The lowest BCUT2D eigenvalue weighted by Crippen LogP contribution is -2.14. The highest BCUT2D eigenvalue weighted by molar-refractivity contribution is 6.02. The van der Waals surface area contributed by atoms with Gasteiger partial charge in [-0.15, -0.1) is 0 Å². The summed E-state index contributed by atoms with van der Waals surface area (Å²) in [5, 5.41) is 19.1. The predicted octanol–water partition coefficient (Wildman–Crippen LogP) is 4.67. The Balaban J connectivity index is 1.70. The fourth-order valence-electron chi connectivity index (χ4n) is 4.30. The number of nitriles is 1. The summed E-state index contributed by atoms with van der Waals surface area (Å²) in [5.74, 6) is 0.247. The topological polar surface area (TPSA) is 121 Å². The number of carboxylic acid groups (broad SMARTS) is 1. The molecule has 8 heteroatoms. The van der Waals surface area contributed by atoms with Crippen molar-refractivity contribution in [2.75, 3.05) is 0 Å². The minimum atomic E-state index is -1.29. The molecule has 1 aliphatic carbocycles. The largest absolute Gasteiger partial charge is 0.477 e. The number of rotatable bonds is 4. The molecule has 0 aliphatic heterocycles. The number of furan rings is 1. The molecule has 1 fully saturated rings. The lowest BCUT2D eigenvalue weighted by Gasteiger charge is -2.25. The number of nitrogens with one attached hydrogen (secondary N) is 1. The predicted molar refractivity (Wildman–Crippen MR) is 110 cm³/mol. The molecule has 0 bridgehead atoms. The van der Waals surface area contributed by atoms with Crippen LogP contribution in [0.2, 0.25) is 0 Å². The van der Waals surface area contributed by atoms with E-state index in [4.69, 9.17) is 19.8 Å². The maximum absolute atomic E-state index is 11.1. The van der Waals surface area contributed by atoms with Gasteiger partial charge in [0.15, 0.2) is 11.6 Å². The van der Waals surface area contributed by atoms with Gasteiger partial charge in [0.2, 0.25) is 0 Å². The van der Waals surface area contributed by atoms with Crippen LogP contribution in [0.1, 0.15) is 43.9 Å². The fourth-order valence-corrected chi connectivity index (χ4v) is 4.30. The van der Waals surface area contributed by atoms with Gasteiger partial charge >= 0.3 is 5.97 Å². The van der Waals surface area contributed by atoms with Crippen molar-refractivity contribution in [3.8, 4) is 17.7 Å². The first kappa shape index (κ1) is 18.2. The summed E-state index contributed by atoms with van der Waals surface area (Å²) in [6.07, 6.45) is 10.6. The molecule has 0 amide bonds. The van der Waals surface area contributed by atoms with E-state index in [-0.39, 0.29) is 5.57 Å². The third-order valence-corrected chi connectivity index (χ3v) is 5.66. The SMILES string of the molecule is N#CC(=Cc1ccc(-c2nc3cnc4[nH]ccc4c3n2C2CCCCC2)o1)C(=O)O. The van der Waals surface area contributed by atoms with E-state index in [1.807, 2.05) is 12.3 Å². The van der Waals surface area contributed by atoms with Crippen LogP contribution in [-0.2, 0) is 4.79 Å².